The molecule has 0 spiro atoms. The van der Waals surface area contributed by atoms with Crippen molar-refractivity contribution in [3.8, 4) is 0 Å². The van der Waals surface area contributed by atoms with E-state index in [0.29, 0.717) is 5.92 Å². The van der Waals surface area contributed by atoms with Gasteiger partial charge in [-0.05, 0) is 51.2 Å². The van der Waals surface area contributed by atoms with E-state index in [0.717, 1.165) is 64.9 Å². The van der Waals surface area contributed by atoms with E-state index in [-0.39, 0.29) is 36.4 Å². The number of nitrogens with one attached hydrogen (secondary N) is 1. The molecule has 0 bridgehead atoms. The number of amides is 1. The number of hydrogen-bond acceptors (Lipinski definition) is 5. The van der Waals surface area contributed by atoms with Crippen LogP contribution in [0, 0.1) is 5.92 Å². The van der Waals surface area contributed by atoms with Crippen LogP contribution in [0.5, 0.6) is 0 Å². The van der Waals surface area contributed by atoms with Crippen LogP contribution >= 0.6 is 24.0 Å². The van der Waals surface area contributed by atoms with Crippen molar-refractivity contribution in [2.45, 2.75) is 32.1 Å². The smallest absolute Gasteiger partial charge is 0.243 e. The van der Waals surface area contributed by atoms with E-state index in [1.807, 2.05) is 0 Å². The maximum Gasteiger partial charge on any atom is 0.243 e. The van der Waals surface area contributed by atoms with Crippen LogP contribution in [0.15, 0.2) is 4.99 Å². The van der Waals surface area contributed by atoms with Gasteiger partial charge in [-0.25, -0.2) is 4.99 Å². The quantitative estimate of drug-likeness (QED) is 0.212. The molecule has 3 heterocycles. The fourth-order valence-electron chi connectivity index (χ4n) is 4.56. The van der Waals surface area contributed by atoms with Gasteiger partial charge in [0.15, 0.2) is 5.96 Å². The lowest BCUT2D eigenvalue weighted by atomic mass is 10.1. The number of halogens is 1. The van der Waals surface area contributed by atoms with Crippen LogP contribution in [0.2, 0.25) is 0 Å². The standard InChI is InChI=1S/C22H42N6O2.HI/c1-25(2)21(29)17-24-22(23-8-6-11-26-13-15-30-16-14-26)28-12-7-20(19-28)18-27-9-4-3-5-10-27;/h20H,3-19H2,1-2H3,(H,23,24);1H. The first-order valence-electron chi connectivity index (χ1n) is 11.9. The van der Waals surface area contributed by atoms with E-state index in [4.69, 9.17) is 4.74 Å². The minimum atomic E-state index is 0. The molecule has 8 nitrogen and oxygen atoms in total. The van der Waals surface area contributed by atoms with Gasteiger partial charge in [-0.1, -0.05) is 6.42 Å². The minimum absolute atomic E-state index is 0. The number of rotatable bonds is 8. The highest BCUT2D eigenvalue weighted by Gasteiger charge is 2.27. The lowest BCUT2D eigenvalue weighted by Crippen LogP contribution is -2.43. The molecule has 0 aromatic carbocycles. The Morgan fingerprint density at radius 1 is 1.06 bits per heavy atom. The zero-order chi connectivity index (χ0) is 21.2. The van der Waals surface area contributed by atoms with E-state index in [1.54, 1.807) is 19.0 Å². The van der Waals surface area contributed by atoms with Gasteiger partial charge in [0.05, 0.1) is 13.2 Å². The fourth-order valence-corrected chi connectivity index (χ4v) is 4.56. The molecule has 3 aliphatic rings. The molecule has 1 atom stereocenters. The normalized spacial score (nSPS) is 23.5. The number of aliphatic imine (C=N–C) groups is 1. The second-order valence-electron chi connectivity index (χ2n) is 9.12. The Labute approximate surface area is 205 Å². The van der Waals surface area contributed by atoms with Gasteiger partial charge in [0.2, 0.25) is 5.91 Å². The van der Waals surface area contributed by atoms with Crippen molar-refractivity contribution in [1.29, 1.82) is 0 Å². The molecule has 0 aliphatic carbocycles. The highest BCUT2D eigenvalue weighted by molar-refractivity contribution is 14.0. The Morgan fingerprint density at radius 3 is 2.52 bits per heavy atom. The predicted molar refractivity (Wildman–Crippen MR) is 136 cm³/mol. The number of morpholine rings is 1. The molecule has 0 saturated carbocycles. The molecule has 3 fully saturated rings. The van der Waals surface area contributed by atoms with Crippen LogP contribution in [0.25, 0.3) is 0 Å². The van der Waals surface area contributed by atoms with Crippen LogP contribution < -0.4 is 5.32 Å². The van der Waals surface area contributed by atoms with Crippen LogP contribution in [-0.2, 0) is 9.53 Å². The Hall–Kier alpha value is -0.650. The molecule has 0 radical (unpaired) electrons. The Bertz CT molecular complexity index is 550. The van der Waals surface area contributed by atoms with Crippen LogP contribution in [0.4, 0.5) is 0 Å². The predicted octanol–water partition coefficient (Wildman–Crippen LogP) is 1.17. The topological polar surface area (TPSA) is 63.7 Å². The molecule has 31 heavy (non-hydrogen) atoms. The Morgan fingerprint density at radius 2 is 1.81 bits per heavy atom. The fraction of sp³-hybridized carbons (Fsp3) is 0.909. The third-order valence-electron chi connectivity index (χ3n) is 6.45. The monoisotopic (exact) mass is 550 g/mol. The molecule has 1 N–H and O–H groups in total. The van der Waals surface area contributed by atoms with Gasteiger partial charge in [-0.2, -0.15) is 0 Å². The summed E-state index contributed by atoms with van der Waals surface area (Å²) in [7, 11) is 3.58. The number of carbonyl (C=O) groups excluding carboxylic acids is 1. The van der Waals surface area contributed by atoms with E-state index in [2.05, 4.69) is 25.0 Å². The first kappa shape index (κ1) is 26.6. The molecular formula is C22H43IN6O2. The van der Waals surface area contributed by atoms with Gasteiger partial charge < -0.3 is 24.8 Å². The summed E-state index contributed by atoms with van der Waals surface area (Å²) in [5, 5.41) is 3.55. The summed E-state index contributed by atoms with van der Waals surface area (Å²) in [5.74, 6) is 1.66. The lowest BCUT2D eigenvalue weighted by Gasteiger charge is -2.29. The number of piperidine rings is 1. The second kappa shape index (κ2) is 14.5. The molecule has 0 aromatic heterocycles. The SMILES string of the molecule is CN(C)C(=O)CN=C(NCCCN1CCOCC1)N1CCC(CN2CCCCC2)C1.I. The van der Waals surface area contributed by atoms with Crippen molar-refractivity contribution in [1.82, 2.24) is 24.9 Å². The zero-order valence-corrected chi connectivity index (χ0v) is 21.9. The van der Waals surface area contributed by atoms with Crippen molar-refractivity contribution < 1.29 is 9.53 Å². The maximum atomic E-state index is 12.1. The summed E-state index contributed by atoms with van der Waals surface area (Å²) in [4.78, 5) is 25.8. The number of carbonyl (C=O) groups is 1. The first-order valence-corrected chi connectivity index (χ1v) is 11.9. The van der Waals surface area contributed by atoms with E-state index >= 15 is 0 Å². The summed E-state index contributed by atoms with van der Waals surface area (Å²) in [6.07, 6.45) is 6.37. The summed E-state index contributed by atoms with van der Waals surface area (Å²) >= 11 is 0. The van der Waals surface area contributed by atoms with Crippen LogP contribution in [0.3, 0.4) is 0 Å². The van der Waals surface area contributed by atoms with Gasteiger partial charge in [0.25, 0.3) is 0 Å². The number of ether oxygens (including phenoxy) is 1. The summed E-state index contributed by atoms with van der Waals surface area (Å²) in [5.41, 5.74) is 0. The third kappa shape index (κ3) is 9.39. The van der Waals surface area contributed by atoms with Crippen LogP contribution in [0.1, 0.15) is 32.1 Å². The van der Waals surface area contributed by atoms with Crippen LogP contribution in [-0.4, -0.2) is 124 Å². The molecule has 3 rings (SSSR count). The Kier molecular flexibility index (Phi) is 12.4. The average molecular weight is 551 g/mol. The molecule has 0 aromatic rings. The Balaban J connectivity index is 0.00000341. The van der Waals surface area contributed by atoms with E-state index in [9.17, 15) is 4.79 Å². The minimum Gasteiger partial charge on any atom is -0.379 e. The van der Waals surface area contributed by atoms with E-state index in [1.165, 1.54) is 45.3 Å². The van der Waals surface area contributed by atoms with Crippen molar-refractivity contribution >= 4 is 35.8 Å². The number of nitrogens with zero attached hydrogens (tertiary/aromatic N) is 5. The van der Waals surface area contributed by atoms with Gasteiger partial charge >= 0.3 is 0 Å². The van der Waals surface area contributed by atoms with Gasteiger partial charge in [0, 0.05) is 53.4 Å². The number of guanidine groups is 1. The number of hydrogen-bond donors (Lipinski definition) is 1. The van der Waals surface area contributed by atoms with Crippen molar-refractivity contribution in [3.05, 3.63) is 0 Å². The highest BCUT2D eigenvalue weighted by atomic mass is 127. The summed E-state index contributed by atoms with van der Waals surface area (Å²) in [6, 6.07) is 0. The average Bonchev–Trinajstić information content (AvgIpc) is 3.22. The highest BCUT2D eigenvalue weighted by Crippen LogP contribution is 2.20. The molecule has 3 aliphatic heterocycles. The summed E-state index contributed by atoms with van der Waals surface area (Å²) in [6.45, 7) is 11.7. The van der Waals surface area contributed by atoms with Crippen molar-refractivity contribution in [2.24, 2.45) is 10.9 Å². The third-order valence-corrected chi connectivity index (χ3v) is 6.45. The molecule has 9 heteroatoms. The molecule has 1 amide bonds. The first-order chi connectivity index (χ1) is 14.6. The molecule has 180 valence electrons. The molecule has 1 unspecified atom stereocenters. The summed E-state index contributed by atoms with van der Waals surface area (Å²) < 4.78 is 5.43. The van der Waals surface area contributed by atoms with Crippen molar-refractivity contribution in [2.75, 3.05) is 92.8 Å². The number of likely N-dealkylation sites (N-methyl/N-ethyl adjacent to an activating group) is 1. The maximum absolute atomic E-state index is 12.1. The lowest BCUT2D eigenvalue weighted by molar-refractivity contribution is -0.127. The zero-order valence-electron chi connectivity index (χ0n) is 19.6. The van der Waals surface area contributed by atoms with E-state index < -0.39 is 0 Å². The van der Waals surface area contributed by atoms with Gasteiger partial charge in [-0.15, -0.1) is 24.0 Å². The van der Waals surface area contributed by atoms with Crippen molar-refractivity contribution in [3.63, 3.8) is 0 Å². The van der Waals surface area contributed by atoms with Gasteiger partial charge in [-0.3, -0.25) is 9.69 Å². The van der Waals surface area contributed by atoms with Gasteiger partial charge in [0.1, 0.15) is 6.54 Å². The molecule has 3 saturated heterocycles. The second-order valence-corrected chi connectivity index (χ2v) is 9.12. The largest absolute Gasteiger partial charge is 0.379 e. The molecular weight excluding hydrogens is 507 g/mol. The number of likely N-dealkylation sites (tertiary alicyclic amines) is 2.